The summed E-state index contributed by atoms with van der Waals surface area (Å²) in [6, 6.07) is -0.909. The summed E-state index contributed by atoms with van der Waals surface area (Å²) in [6.45, 7) is -0.00881. The van der Waals surface area contributed by atoms with Gasteiger partial charge in [-0.2, -0.15) is 0 Å². The lowest BCUT2D eigenvalue weighted by atomic mass is 10.0. The first kappa shape index (κ1) is 37.3. The van der Waals surface area contributed by atoms with Crippen molar-refractivity contribution >= 4 is 29.7 Å². The minimum absolute atomic E-state index is 0.0143. The number of aliphatic carboxylic acids is 3. The molecule has 0 rings (SSSR count). The van der Waals surface area contributed by atoms with Crippen molar-refractivity contribution in [2.75, 3.05) is 19.6 Å². The summed E-state index contributed by atoms with van der Waals surface area (Å²) in [6.07, 6.45) is 17.2. The number of unbranched alkanes of at least 4 members (excludes halogenated alkanes) is 14. The molecule has 0 heterocycles. The van der Waals surface area contributed by atoms with Gasteiger partial charge in [0.1, 0.15) is 12.6 Å². The van der Waals surface area contributed by atoms with Gasteiger partial charge in [0.15, 0.2) is 0 Å². The molecule has 1 atom stereocenters. The minimum Gasteiger partial charge on any atom is -0.481 e. The average Bonchev–Trinajstić information content (AvgIpc) is 2.89. The molecule has 0 aliphatic rings. The molecule has 0 aliphatic heterocycles. The lowest BCUT2D eigenvalue weighted by Crippen LogP contribution is -2.38. The predicted octanol–water partition coefficient (Wildman–Crippen LogP) is 4.31. The van der Waals surface area contributed by atoms with Crippen molar-refractivity contribution in [3.8, 4) is 0 Å². The minimum atomic E-state index is -1.11. The Kier molecular flexibility index (Phi) is 23.6. The number of nitrogens with two attached hydrogens (primary N) is 1. The van der Waals surface area contributed by atoms with Crippen molar-refractivity contribution in [3.05, 3.63) is 0 Å². The van der Waals surface area contributed by atoms with Gasteiger partial charge in [0.25, 0.3) is 0 Å². The molecule has 232 valence electrons. The van der Waals surface area contributed by atoms with Crippen molar-refractivity contribution in [2.24, 2.45) is 5.73 Å². The van der Waals surface area contributed by atoms with Gasteiger partial charge in [-0.05, 0) is 32.1 Å². The highest BCUT2D eigenvalue weighted by molar-refractivity contribution is 5.82. The number of nitrogens with zero attached hydrogens (tertiary/aromatic N) is 1. The van der Waals surface area contributed by atoms with E-state index in [1.54, 1.807) is 0 Å². The maximum Gasteiger partial charge on any atom is 0.323 e. The van der Waals surface area contributed by atoms with Gasteiger partial charge in [-0.15, -0.1) is 0 Å². The smallest absolute Gasteiger partial charge is 0.323 e. The fourth-order valence-electron chi connectivity index (χ4n) is 4.45. The topological polar surface area (TPSA) is 187 Å². The van der Waals surface area contributed by atoms with E-state index in [4.69, 9.17) is 21.1 Å². The van der Waals surface area contributed by atoms with Gasteiger partial charge in [-0.1, -0.05) is 77.0 Å². The number of amides is 2. The molecule has 40 heavy (non-hydrogen) atoms. The van der Waals surface area contributed by atoms with E-state index in [1.165, 1.54) is 49.8 Å². The third-order valence-electron chi connectivity index (χ3n) is 6.90. The van der Waals surface area contributed by atoms with Crippen LogP contribution in [-0.4, -0.2) is 75.6 Å². The number of rotatable bonds is 28. The molecule has 0 aromatic rings. The molecular formula is C29H53N3O8. The van der Waals surface area contributed by atoms with E-state index >= 15 is 0 Å². The quantitative estimate of drug-likeness (QED) is 0.0852. The summed E-state index contributed by atoms with van der Waals surface area (Å²) in [4.78, 5) is 58.1. The van der Waals surface area contributed by atoms with Gasteiger partial charge >= 0.3 is 17.9 Å². The summed E-state index contributed by atoms with van der Waals surface area (Å²) in [7, 11) is 0. The third-order valence-corrected chi connectivity index (χ3v) is 6.90. The number of hydrogen-bond donors (Lipinski definition) is 5. The Bertz CT molecular complexity index is 732. The second kappa shape index (κ2) is 25.3. The van der Waals surface area contributed by atoms with Crippen LogP contribution in [0.1, 0.15) is 128 Å². The number of carbonyl (C=O) groups excluding carboxylic acids is 2. The number of carboxylic acids is 3. The van der Waals surface area contributed by atoms with Crippen LogP contribution in [0.3, 0.4) is 0 Å². The van der Waals surface area contributed by atoms with Crippen LogP contribution in [0.15, 0.2) is 0 Å². The Labute approximate surface area is 239 Å². The molecule has 0 radical (unpaired) electrons. The Hall–Kier alpha value is -2.69. The summed E-state index contributed by atoms with van der Waals surface area (Å²) >= 11 is 0. The molecule has 0 spiro atoms. The first-order valence-corrected chi connectivity index (χ1v) is 15.1. The summed E-state index contributed by atoms with van der Waals surface area (Å²) in [5.41, 5.74) is 5.43. The van der Waals surface area contributed by atoms with Gasteiger partial charge in [0.05, 0.1) is 0 Å². The molecule has 0 aromatic heterocycles. The van der Waals surface area contributed by atoms with Crippen molar-refractivity contribution < 1.29 is 39.3 Å². The van der Waals surface area contributed by atoms with Gasteiger partial charge in [-0.3, -0.25) is 24.0 Å². The van der Waals surface area contributed by atoms with Crippen molar-refractivity contribution in [3.63, 3.8) is 0 Å². The fraction of sp³-hybridized carbons (Fsp3) is 0.828. The number of carbonyl (C=O) groups is 5. The van der Waals surface area contributed by atoms with E-state index in [2.05, 4.69) is 5.32 Å². The lowest BCUT2D eigenvalue weighted by molar-refractivity contribution is -0.145. The number of nitrogens with one attached hydrogen (secondary N) is 1. The number of hydrogen-bond acceptors (Lipinski definition) is 6. The van der Waals surface area contributed by atoms with Crippen LogP contribution in [0.2, 0.25) is 0 Å². The fourth-order valence-corrected chi connectivity index (χ4v) is 4.45. The Morgan fingerprint density at radius 1 is 0.600 bits per heavy atom. The third kappa shape index (κ3) is 24.4. The molecular weight excluding hydrogens is 518 g/mol. The zero-order valence-corrected chi connectivity index (χ0v) is 24.2. The summed E-state index contributed by atoms with van der Waals surface area (Å²) < 4.78 is 0. The van der Waals surface area contributed by atoms with Gasteiger partial charge in [-0.25, -0.2) is 0 Å². The van der Waals surface area contributed by atoms with Crippen LogP contribution in [0.5, 0.6) is 0 Å². The van der Waals surface area contributed by atoms with Crippen molar-refractivity contribution in [1.82, 2.24) is 10.2 Å². The Morgan fingerprint density at radius 2 is 1.07 bits per heavy atom. The maximum atomic E-state index is 12.5. The SMILES string of the molecule is N[C@@H](CCCCNC(=O)CCN(CC(=O)O)C(=O)CCCCCCCCCCCCCCCCC(=O)O)C(=O)O. The average molecular weight is 572 g/mol. The molecule has 0 saturated carbocycles. The molecule has 2 amide bonds. The van der Waals surface area contributed by atoms with E-state index < -0.39 is 30.5 Å². The van der Waals surface area contributed by atoms with Crippen LogP contribution < -0.4 is 11.1 Å². The van der Waals surface area contributed by atoms with Gasteiger partial charge in [0, 0.05) is 32.4 Å². The van der Waals surface area contributed by atoms with Crippen LogP contribution >= 0.6 is 0 Å². The van der Waals surface area contributed by atoms with Gasteiger partial charge in [0.2, 0.25) is 11.8 Å². The molecule has 11 heteroatoms. The second-order valence-corrected chi connectivity index (χ2v) is 10.6. The lowest BCUT2D eigenvalue weighted by Gasteiger charge is -2.20. The van der Waals surface area contributed by atoms with Crippen LogP contribution in [0, 0.1) is 0 Å². The second-order valence-electron chi connectivity index (χ2n) is 10.6. The van der Waals surface area contributed by atoms with E-state index in [0.29, 0.717) is 32.2 Å². The monoisotopic (exact) mass is 571 g/mol. The van der Waals surface area contributed by atoms with Crippen LogP contribution in [0.25, 0.3) is 0 Å². The molecule has 0 fully saturated rings. The van der Waals surface area contributed by atoms with E-state index in [-0.39, 0.29) is 37.6 Å². The van der Waals surface area contributed by atoms with E-state index in [9.17, 15) is 24.0 Å². The number of carboxylic acid groups (broad SMARTS) is 3. The largest absolute Gasteiger partial charge is 0.481 e. The highest BCUT2D eigenvalue weighted by atomic mass is 16.4. The maximum absolute atomic E-state index is 12.5. The zero-order chi connectivity index (χ0) is 30.0. The molecule has 0 saturated heterocycles. The first-order chi connectivity index (χ1) is 19.1. The van der Waals surface area contributed by atoms with E-state index in [1.807, 2.05) is 0 Å². The molecule has 0 unspecified atom stereocenters. The molecule has 6 N–H and O–H groups in total. The molecule has 0 bridgehead atoms. The van der Waals surface area contributed by atoms with Crippen LogP contribution in [0.4, 0.5) is 0 Å². The highest BCUT2D eigenvalue weighted by Crippen LogP contribution is 2.14. The first-order valence-electron chi connectivity index (χ1n) is 15.1. The molecule has 11 nitrogen and oxygen atoms in total. The van der Waals surface area contributed by atoms with Gasteiger partial charge < -0.3 is 31.3 Å². The summed E-state index contributed by atoms with van der Waals surface area (Å²) in [5, 5.41) is 29.2. The van der Waals surface area contributed by atoms with Crippen molar-refractivity contribution in [1.29, 1.82) is 0 Å². The standard InChI is InChI=1S/C29H53N3O8/c30-24(29(39)40)17-15-16-21-31-25(33)20-22-32(23-28(37)38)26(34)18-13-11-9-7-5-3-1-2-4-6-8-10-12-14-19-27(35)36/h24H,1-23,30H2,(H,31,33)(H,35,36)(H,37,38)(H,39,40)/t24-/m0/s1. The normalized spacial score (nSPS) is 11.6. The van der Waals surface area contributed by atoms with E-state index in [0.717, 1.165) is 38.5 Å². The molecule has 0 aromatic carbocycles. The highest BCUT2D eigenvalue weighted by Gasteiger charge is 2.17. The zero-order valence-electron chi connectivity index (χ0n) is 24.2. The molecule has 0 aliphatic carbocycles. The predicted molar refractivity (Wildman–Crippen MR) is 153 cm³/mol. The van der Waals surface area contributed by atoms with Crippen molar-refractivity contribution in [2.45, 2.75) is 134 Å². The Morgan fingerprint density at radius 3 is 1.52 bits per heavy atom. The summed E-state index contributed by atoms with van der Waals surface area (Å²) in [5.74, 6) is -3.40. The Balaban J connectivity index is 3.81. The van der Waals surface area contributed by atoms with Crippen LogP contribution in [-0.2, 0) is 24.0 Å².